The minimum Gasteiger partial charge on any atom is -0.393 e. The number of hydrogen-bond donors (Lipinski definition) is 0. The highest BCUT2D eigenvalue weighted by molar-refractivity contribution is 5.81. The van der Waals surface area contributed by atoms with Gasteiger partial charge >= 0.3 is 11.6 Å². The molecule has 0 spiro atoms. The Hall–Kier alpha value is -1.71. The lowest BCUT2D eigenvalue weighted by Crippen LogP contribution is -2.03. The molecular weight excluding hydrogens is 178 g/mol. The van der Waals surface area contributed by atoms with Crippen LogP contribution in [0, 0.1) is 11.8 Å². The van der Waals surface area contributed by atoms with E-state index in [9.17, 15) is 13.6 Å². The van der Waals surface area contributed by atoms with Crippen molar-refractivity contribution in [2.75, 3.05) is 0 Å². The first-order valence-electron chi connectivity index (χ1n) is 3.57. The molecule has 0 fully saturated rings. The van der Waals surface area contributed by atoms with Gasteiger partial charge in [-0.25, -0.2) is 4.79 Å². The highest BCUT2D eigenvalue weighted by Gasteiger charge is 2.11. The summed E-state index contributed by atoms with van der Waals surface area (Å²) in [4.78, 5) is 11.0. The van der Waals surface area contributed by atoms with Crippen LogP contribution in [0.4, 0.5) is 8.78 Å². The van der Waals surface area contributed by atoms with Gasteiger partial charge < -0.3 is 4.42 Å². The number of benzene rings is 1. The molecular formula is C9H4F2O2. The second kappa shape index (κ2) is 2.65. The molecule has 66 valence electrons. The van der Waals surface area contributed by atoms with Crippen LogP contribution in [0.15, 0.2) is 33.5 Å². The third-order valence-corrected chi connectivity index (χ3v) is 1.74. The lowest BCUT2D eigenvalue weighted by molar-refractivity contribution is 0.294. The van der Waals surface area contributed by atoms with Crippen molar-refractivity contribution in [2.45, 2.75) is 0 Å². The molecule has 0 saturated carbocycles. The number of hydrogen-bond acceptors (Lipinski definition) is 2. The average molecular weight is 182 g/mol. The molecule has 13 heavy (non-hydrogen) atoms. The van der Waals surface area contributed by atoms with Gasteiger partial charge in [-0.2, -0.15) is 8.78 Å². The van der Waals surface area contributed by atoms with E-state index in [1.165, 1.54) is 18.2 Å². The molecule has 0 aliphatic rings. The second-order valence-electron chi connectivity index (χ2n) is 2.52. The predicted molar refractivity (Wildman–Crippen MR) is 42.4 cm³/mol. The van der Waals surface area contributed by atoms with Gasteiger partial charge in [-0.15, -0.1) is 0 Å². The molecule has 0 radical (unpaired) electrons. The summed E-state index contributed by atoms with van der Waals surface area (Å²) < 4.78 is 29.6. The number of fused-ring (bicyclic) bond motifs is 1. The Balaban J connectivity index is 3.06. The highest BCUT2D eigenvalue weighted by Crippen LogP contribution is 2.15. The van der Waals surface area contributed by atoms with E-state index in [0.29, 0.717) is 0 Å². The maximum Gasteiger partial charge on any atom is 0.346 e. The minimum absolute atomic E-state index is 0.0430. The van der Waals surface area contributed by atoms with E-state index in [-0.39, 0.29) is 10.8 Å². The van der Waals surface area contributed by atoms with E-state index < -0.39 is 17.5 Å². The Morgan fingerprint density at radius 2 is 1.69 bits per heavy atom. The van der Waals surface area contributed by atoms with E-state index >= 15 is 0 Å². The van der Waals surface area contributed by atoms with Crippen molar-refractivity contribution in [3.63, 3.8) is 0 Å². The SMILES string of the molecule is O=c1oc(F)c(F)c2ccccc12. The van der Waals surface area contributed by atoms with Crippen LogP contribution >= 0.6 is 0 Å². The molecule has 1 aromatic carbocycles. The summed E-state index contributed by atoms with van der Waals surface area (Å²) in [5, 5.41) is -0.0161. The van der Waals surface area contributed by atoms with Crippen molar-refractivity contribution < 1.29 is 13.2 Å². The lowest BCUT2D eigenvalue weighted by Gasteiger charge is -1.96. The van der Waals surface area contributed by atoms with Gasteiger partial charge in [0.15, 0.2) is 0 Å². The van der Waals surface area contributed by atoms with Gasteiger partial charge in [-0.1, -0.05) is 18.2 Å². The van der Waals surface area contributed by atoms with Gasteiger partial charge in [0.2, 0.25) is 5.82 Å². The van der Waals surface area contributed by atoms with Gasteiger partial charge in [0.1, 0.15) is 0 Å². The zero-order chi connectivity index (χ0) is 9.42. The molecule has 0 atom stereocenters. The summed E-state index contributed by atoms with van der Waals surface area (Å²) in [6, 6.07) is 4.30. The van der Waals surface area contributed by atoms with E-state index in [1.807, 2.05) is 0 Å². The minimum atomic E-state index is -1.47. The molecule has 0 unspecified atom stereocenters. The Bertz CT molecular complexity index is 516. The van der Waals surface area contributed by atoms with Gasteiger partial charge in [0.05, 0.1) is 5.39 Å². The third kappa shape index (κ3) is 1.11. The molecule has 4 heteroatoms. The highest BCUT2D eigenvalue weighted by atomic mass is 19.2. The van der Waals surface area contributed by atoms with Crippen molar-refractivity contribution in [1.82, 2.24) is 0 Å². The first-order valence-corrected chi connectivity index (χ1v) is 3.57. The van der Waals surface area contributed by atoms with Crippen LogP contribution in [0.3, 0.4) is 0 Å². The average Bonchev–Trinajstić information content (AvgIpc) is 2.15. The van der Waals surface area contributed by atoms with Crippen molar-refractivity contribution in [3.05, 3.63) is 46.5 Å². The Labute approximate surface area is 71.4 Å². The zero-order valence-electron chi connectivity index (χ0n) is 6.38. The van der Waals surface area contributed by atoms with Crippen LogP contribution in [0.1, 0.15) is 0 Å². The maximum absolute atomic E-state index is 13.0. The number of halogens is 2. The van der Waals surface area contributed by atoms with E-state index in [4.69, 9.17) is 0 Å². The van der Waals surface area contributed by atoms with E-state index in [2.05, 4.69) is 4.42 Å². The summed E-state index contributed by atoms with van der Waals surface area (Å²) in [6.45, 7) is 0. The largest absolute Gasteiger partial charge is 0.393 e. The van der Waals surface area contributed by atoms with E-state index in [1.54, 1.807) is 6.07 Å². The smallest absolute Gasteiger partial charge is 0.346 e. The van der Waals surface area contributed by atoms with Crippen molar-refractivity contribution in [2.24, 2.45) is 0 Å². The quantitative estimate of drug-likeness (QED) is 0.624. The summed E-state index contributed by atoms with van der Waals surface area (Å²) in [7, 11) is 0. The topological polar surface area (TPSA) is 30.2 Å². The fourth-order valence-corrected chi connectivity index (χ4v) is 1.14. The number of rotatable bonds is 0. The Morgan fingerprint density at radius 3 is 2.38 bits per heavy atom. The van der Waals surface area contributed by atoms with Gasteiger partial charge in [0.25, 0.3) is 0 Å². The van der Waals surface area contributed by atoms with Crippen LogP contribution in [-0.2, 0) is 0 Å². The van der Waals surface area contributed by atoms with Crippen LogP contribution in [0.25, 0.3) is 10.8 Å². The molecule has 0 aliphatic heterocycles. The van der Waals surface area contributed by atoms with Gasteiger partial charge in [0, 0.05) is 5.39 Å². The normalized spacial score (nSPS) is 10.6. The predicted octanol–water partition coefficient (Wildman–Crippen LogP) is 2.07. The van der Waals surface area contributed by atoms with Crippen LogP contribution in [-0.4, -0.2) is 0 Å². The molecule has 0 amide bonds. The summed E-state index contributed by atoms with van der Waals surface area (Å²) in [6.07, 6.45) is 0. The molecule has 2 nitrogen and oxygen atoms in total. The van der Waals surface area contributed by atoms with Crippen molar-refractivity contribution in [3.8, 4) is 0 Å². The second-order valence-corrected chi connectivity index (χ2v) is 2.52. The summed E-state index contributed by atoms with van der Waals surface area (Å²) >= 11 is 0. The molecule has 1 heterocycles. The lowest BCUT2D eigenvalue weighted by atomic mass is 10.2. The summed E-state index contributed by atoms with van der Waals surface area (Å²) in [5.41, 5.74) is -0.866. The van der Waals surface area contributed by atoms with Crippen LogP contribution in [0.2, 0.25) is 0 Å². The monoisotopic (exact) mass is 182 g/mol. The van der Waals surface area contributed by atoms with Crippen LogP contribution in [0.5, 0.6) is 0 Å². The molecule has 0 bridgehead atoms. The van der Waals surface area contributed by atoms with Crippen LogP contribution < -0.4 is 5.63 Å². The Morgan fingerprint density at radius 1 is 1.08 bits per heavy atom. The van der Waals surface area contributed by atoms with Gasteiger partial charge in [-0.05, 0) is 6.07 Å². The summed E-state index contributed by atoms with van der Waals surface area (Å²) in [5.74, 6) is -1.13. The van der Waals surface area contributed by atoms with E-state index in [0.717, 1.165) is 0 Å². The van der Waals surface area contributed by atoms with Crippen molar-refractivity contribution >= 4 is 10.8 Å². The molecule has 0 saturated heterocycles. The Kier molecular flexibility index (Phi) is 1.62. The van der Waals surface area contributed by atoms with Crippen molar-refractivity contribution in [1.29, 1.82) is 0 Å². The fourth-order valence-electron chi connectivity index (χ4n) is 1.14. The molecule has 1 aromatic heterocycles. The fraction of sp³-hybridized carbons (Fsp3) is 0. The first kappa shape index (κ1) is 7.91. The molecule has 0 N–H and O–H groups in total. The molecule has 2 aromatic rings. The molecule has 2 rings (SSSR count). The molecule has 0 aliphatic carbocycles. The maximum atomic E-state index is 13.0. The van der Waals surface area contributed by atoms with Gasteiger partial charge in [-0.3, -0.25) is 0 Å². The third-order valence-electron chi connectivity index (χ3n) is 1.74. The zero-order valence-corrected chi connectivity index (χ0v) is 6.38. The standard InChI is InChI=1S/C9H4F2O2/c10-7-5-3-1-2-4-6(5)9(12)13-8(7)11/h1-4H. The first-order chi connectivity index (χ1) is 6.20.